The van der Waals surface area contributed by atoms with Crippen LogP contribution in [0.25, 0.3) is 0 Å². The summed E-state index contributed by atoms with van der Waals surface area (Å²) in [5.74, 6) is 0.957. The summed E-state index contributed by atoms with van der Waals surface area (Å²) in [4.78, 5) is 24.9. The maximum absolute atomic E-state index is 12.5. The van der Waals surface area contributed by atoms with Crippen LogP contribution in [0.5, 0.6) is 5.75 Å². The minimum Gasteiger partial charge on any atom is -0.491 e. The Bertz CT molecular complexity index is 683. The van der Waals surface area contributed by atoms with Crippen LogP contribution in [0.1, 0.15) is 63.2 Å². The van der Waals surface area contributed by atoms with Crippen LogP contribution in [0, 0.1) is 11.8 Å². The minimum atomic E-state index is -0.831. The predicted octanol–water partition coefficient (Wildman–Crippen LogP) is 3.73. The van der Waals surface area contributed by atoms with Gasteiger partial charge < -0.3 is 19.5 Å². The summed E-state index contributed by atoms with van der Waals surface area (Å²) in [5.41, 5.74) is 0.397. The Balaban J connectivity index is 1.46. The Labute approximate surface area is 173 Å². The van der Waals surface area contributed by atoms with Crippen LogP contribution in [0.3, 0.4) is 0 Å². The Morgan fingerprint density at radius 3 is 2.59 bits per heavy atom. The number of rotatable bonds is 7. The molecule has 0 unspecified atom stereocenters. The van der Waals surface area contributed by atoms with Gasteiger partial charge in [0.25, 0.3) is 5.91 Å². The number of hydrogen-bond donors (Lipinski definition) is 1. The molecule has 1 saturated carbocycles. The van der Waals surface area contributed by atoms with Crippen molar-refractivity contribution in [1.82, 2.24) is 5.32 Å². The molecule has 2 aliphatic rings. The number of amides is 1. The van der Waals surface area contributed by atoms with Crippen LogP contribution >= 0.6 is 0 Å². The maximum Gasteiger partial charge on any atom is 0.338 e. The average molecular weight is 404 g/mol. The summed E-state index contributed by atoms with van der Waals surface area (Å²) in [5, 5.41) is 3.06. The molecule has 3 rings (SSSR count). The summed E-state index contributed by atoms with van der Waals surface area (Å²) in [6.45, 7) is 7.32. The normalized spacial score (nSPS) is 27.8. The van der Waals surface area contributed by atoms with Gasteiger partial charge in [-0.15, -0.1) is 0 Å². The van der Waals surface area contributed by atoms with E-state index in [1.807, 2.05) is 0 Å². The van der Waals surface area contributed by atoms with Gasteiger partial charge in [-0.05, 0) is 62.3 Å². The highest BCUT2D eigenvalue weighted by Crippen LogP contribution is 2.29. The molecular formula is C23H33NO5. The summed E-state index contributed by atoms with van der Waals surface area (Å²) in [7, 11) is 0. The molecule has 1 aliphatic heterocycles. The molecule has 29 heavy (non-hydrogen) atoms. The van der Waals surface area contributed by atoms with Gasteiger partial charge in [0, 0.05) is 12.6 Å². The van der Waals surface area contributed by atoms with E-state index in [1.54, 1.807) is 31.2 Å². The van der Waals surface area contributed by atoms with Crippen LogP contribution < -0.4 is 10.1 Å². The van der Waals surface area contributed by atoms with Crippen molar-refractivity contribution >= 4 is 11.9 Å². The lowest BCUT2D eigenvalue weighted by Crippen LogP contribution is -2.47. The summed E-state index contributed by atoms with van der Waals surface area (Å²) < 4.78 is 16.6. The Kier molecular flexibility index (Phi) is 7.53. The predicted molar refractivity (Wildman–Crippen MR) is 110 cm³/mol. The molecule has 1 aliphatic carbocycles. The number of hydrogen-bond acceptors (Lipinski definition) is 5. The third kappa shape index (κ3) is 5.95. The van der Waals surface area contributed by atoms with E-state index in [2.05, 4.69) is 19.2 Å². The van der Waals surface area contributed by atoms with Crippen molar-refractivity contribution in [1.29, 1.82) is 0 Å². The highest BCUT2D eigenvalue weighted by atomic mass is 16.5. The van der Waals surface area contributed by atoms with Crippen molar-refractivity contribution in [3.8, 4) is 5.75 Å². The zero-order valence-electron chi connectivity index (χ0n) is 17.7. The molecule has 1 N–H and O–H groups in total. The lowest BCUT2D eigenvalue weighted by molar-refractivity contribution is -0.130. The standard InChI is InChI=1S/C23H33NO5/c1-15-6-4-8-21(16(15)2)24-22(25)17(3)29-23(26)18-9-11-19(12-10-18)28-14-20-7-5-13-27-20/h9-12,15-17,20-21H,4-8,13-14H2,1-3H3,(H,24,25)/t15-,16-,17-,20+,21-/m1/s1. The van der Waals surface area contributed by atoms with Crippen molar-refractivity contribution in [3.05, 3.63) is 29.8 Å². The molecule has 0 aromatic heterocycles. The van der Waals surface area contributed by atoms with Crippen molar-refractivity contribution < 1.29 is 23.8 Å². The van der Waals surface area contributed by atoms with Crippen molar-refractivity contribution in [2.45, 2.75) is 71.1 Å². The van der Waals surface area contributed by atoms with Gasteiger partial charge in [-0.1, -0.05) is 26.7 Å². The van der Waals surface area contributed by atoms with Crippen molar-refractivity contribution in [2.24, 2.45) is 11.8 Å². The number of ether oxygens (including phenoxy) is 3. The van der Waals surface area contributed by atoms with Crippen molar-refractivity contribution in [2.75, 3.05) is 13.2 Å². The highest BCUT2D eigenvalue weighted by molar-refractivity contribution is 5.92. The summed E-state index contributed by atoms with van der Waals surface area (Å²) in [6, 6.07) is 6.93. The maximum atomic E-state index is 12.5. The van der Waals surface area contributed by atoms with E-state index in [0.717, 1.165) is 32.3 Å². The molecule has 1 amide bonds. The van der Waals surface area contributed by atoms with Gasteiger partial charge in [0.15, 0.2) is 6.10 Å². The number of carbonyl (C=O) groups is 2. The molecule has 1 saturated heterocycles. The van der Waals surface area contributed by atoms with Gasteiger partial charge in [0.2, 0.25) is 0 Å². The van der Waals surface area contributed by atoms with Gasteiger partial charge in [-0.25, -0.2) is 4.79 Å². The van der Waals surface area contributed by atoms with Crippen LogP contribution in [0.2, 0.25) is 0 Å². The van der Waals surface area contributed by atoms with E-state index in [4.69, 9.17) is 14.2 Å². The Morgan fingerprint density at radius 1 is 1.14 bits per heavy atom. The smallest absolute Gasteiger partial charge is 0.338 e. The van der Waals surface area contributed by atoms with Crippen LogP contribution in [0.15, 0.2) is 24.3 Å². The first-order valence-electron chi connectivity index (χ1n) is 10.8. The van der Waals surface area contributed by atoms with E-state index >= 15 is 0 Å². The first kappa shape index (κ1) is 21.6. The van der Waals surface area contributed by atoms with E-state index in [0.29, 0.717) is 29.8 Å². The van der Waals surface area contributed by atoms with Gasteiger partial charge in [-0.2, -0.15) is 0 Å². The molecule has 0 radical (unpaired) electrons. The van der Waals surface area contributed by atoms with E-state index in [9.17, 15) is 9.59 Å². The molecule has 5 atom stereocenters. The van der Waals surface area contributed by atoms with Gasteiger partial charge >= 0.3 is 5.97 Å². The van der Waals surface area contributed by atoms with E-state index in [1.165, 1.54) is 6.42 Å². The monoisotopic (exact) mass is 403 g/mol. The minimum absolute atomic E-state index is 0.146. The molecule has 1 aromatic carbocycles. The van der Waals surface area contributed by atoms with Gasteiger partial charge in [-0.3, -0.25) is 4.79 Å². The number of nitrogens with one attached hydrogen (secondary N) is 1. The molecule has 6 nitrogen and oxygen atoms in total. The SMILES string of the molecule is C[C@@H]1[C@H](C)CCC[C@H]1NC(=O)[C@@H](C)OC(=O)c1ccc(OC[C@@H]2CCCO2)cc1. The molecular weight excluding hydrogens is 370 g/mol. The Hall–Kier alpha value is -2.08. The zero-order chi connectivity index (χ0) is 20.8. The second-order valence-corrected chi connectivity index (χ2v) is 8.40. The molecule has 6 heteroatoms. The first-order valence-corrected chi connectivity index (χ1v) is 10.8. The molecule has 160 valence electrons. The average Bonchev–Trinajstić information content (AvgIpc) is 3.24. The van der Waals surface area contributed by atoms with Gasteiger partial charge in [0.1, 0.15) is 12.4 Å². The number of benzene rings is 1. The molecule has 1 aromatic rings. The molecule has 2 fully saturated rings. The fraction of sp³-hybridized carbons (Fsp3) is 0.652. The quantitative estimate of drug-likeness (QED) is 0.702. The lowest BCUT2D eigenvalue weighted by atomic mass is 9.78. The fourth-order valence-corrected chi connectivity index (χ4v) is 4.02. The molecule has 0 spiro atoms. The third-order valence-electron chi connectivity index (χ3n) is 6.24. The molecule has 1 heterocycles. The van der Waals surface area contributed by atoms with E-state index in [-0.39, 0.29) is 18.1 Å². The summed E-state index contributed by atoms with van der Waals surface area (Å²) in [6.07, 6.45) is 4.70. The fourth-order valence-electron chi connectivity index (χ4n) is 4.02. The van der Waals surface area contributed by atoms with Crippen LogP contribution in [-0.4, -0.2) is 43.3 Å². The second-order valence-electron chi connectivity index (χ2n) is 8.40. The van der Waals surface area contributed by atoms with E-state index < -0.39 is 12.1 Å². The number of carbonyl (C=O) groups excluding carboxylic acids is 2. The first-order chi connectivity index (χ1) is 13.9. The zero-order valence-corrected chi connectivity index (χ0v) is 17.7. The van der Waals surface area contributed by atoms with Crippen molar-refractivity contribution in [3.63, 3.8) is 0 Å². The second kappa shape index (κ2) is 10.1. The largest absolute Gasteiger partial charge is 0.491 e. The topological polar surface area (TPSA) is 73.9 Å². The van der Waals surface area contributed by atoms with Crippen LogP contribution in [0.4, 0.5) is 0 Å². The van der Waals surface area contributed by atoms with Crippen LogP contribution in [-0.2, 0) is 14.3 Å². The summed E-state index contributed by atoms with van der Waals surface area (Å²) >= 11 is 0. The lowest BCUT2D eigenvalue weighted by Gasteiger charge is -2.35. The molecule has 0 bridgehead atoms. The highest BCUT2D eigenvalue weighted by Gasteiger charge is 2.30. The van der Waals surface area contributed by atoms with Gasteiger partial charge in [0.05, 0.1) is 11.7 Å². The Morgan fingerprint density at radius 2 is 1.90 bits per heavy atom. The third-order valence-corrected chi connectivity index (χ3v) is 6.24. The number of esters is 1.